The van der Waals surface area contributed by atoms with Crippen LogP contribution in [0.5, 0.6) is 11.5 Å². The molecular weight excluding hydrogens is 469 g/mol. The Kier molecular flexibility index (Phi) is 6.87. The zero-order valence-corrected chi connectivity index (χ0v) is 21.8. The summed E-state index contributed by atoms with van der Waals surface area (Å²) in [5.74, 6) is 1.90. The van der Waals surface area contributed by atoms with Gasteiger partial charge in [0, 0.05) is 23.9 Å². The second-order valence-corrected chi connectivity index (χ2v) is 9.51. The van der Waals surface area contributed by atoms with Crippen LogP contribution in [0, 0.1) is 19.7 Å². The van der Waals surface area contributed by atoms with Crippen LogP contribution < -0.4 is 9.47 Å². The van der Waals surface area contributed by atoms with Gasteiger partial charge in [-0.2, -0.15) is 0 Å². The number of aryl methyl sites for hydroxylation is 2. The van der Waals surface area contributed by atoms with Crippen molar-refractivity contribution in [3.63, 3.8) is 0 Å². The second kappa shape index (κ2) is 10.2. The van der Waals surface area contributed by atoms with Crippen molar-refractivity contribution in [2.75, 3.05) is 20.3 Å². The fraction of sp³-hybridized carbons (Fsp3) is 0.333. The highest BCUT2D eigenvalue weighted by Crippen LogP contribution is 2.37. The molecule has 1 fully saturated rings. The number of methoxy groups -OCH3 is 1. The quantitative estimate of drug-likeness (QED) is 0.300. The topological polar surface area (TPSA) is 56.6 Å². The summed E-state index contributed by atoms with van der Waals surface area (Å²) in [6.45, 7) is 7.06. The lowest BCUT2D eigenvalue weighted by Gasteiger charge is -2.36. The van der Waals surface area contributed by atoms with E-state index in [9.17, 15) is 9.18 Å². The number of carbonyl (C=O) groups excluding carboxylic acids is 1. The molecule has 1 atom stereocenters. The molecule has 7 heteroatoms. The van der Waals surface area contributed by atoms with E-state index in [-0.39, 0.29) is 17.8 Å². The highest BCUT2D eigenvalue weighted by molar-refractivity contribution is 5.97. The fourth-order valence-corrected chi connectivity index (χ4v) is 5.40. The summed E-state index contributed by atoms with van der Waals surface area (Å²) in [5.41, 5.74) is 4.74. The summed E-state index contributed by atoms with van der Waals surface area (Å²) in [6, 6.07) is 16.0. The monoisotopic (exact) mass is 501 g/mol. The first-order valence-corrected chi connectivity index (χ1v) is 12.8. The summed E-state index contributed by atoms with van der Waals surface area (Å²) >= 11 is 0. The summed E-state index contributed by atoms with van der Waals surface area (Å²) < 4.78 is 27.3. The number of imidazole rings is 1. The van der Waals surface area contributed by atoms with Crippen molar-refractivity contribution in [2.24, 2.45) is 0 Å². The molecule has 2 heterocycles. The van der Waals surface area contributed by atoms with Crippen LogP contribution in [-0.2, 0) is 0 Å². The van der Waals surface area contributed by atoms with E-state index >= 15 is 0 Å². The van der Waals surface area contributed by atoms with Gasteiger partial charge in [-0.1, -0.05) is 0 Å². The third-order valence-electron chi connectivity index (χ3n) is 7.07. The predicted octanol–water partition coefficient (Wildman–Crippen LogP) is 6.56. The SMILES string of the molecule is CCOc1cc(C)c(C(=O)N2CCCCC2c2nc3cc(F)ccc3n2-c2ccc(OC)cc2)c(C)c1. The van der Waals surface area contributed by atoms with Crippen molar-refractivity contribution in [1.82, 2.24) is 14.5 Å². The Balaban J connectivity index is 1.62. The van der Waals surface area contributed by atoms with Crippen LogP contribution >= 0.6 is 0 Å². The fourth-order valence-electron chi connectivity index (χ4n) is 5.40. The number of fused-ring (bicyclic) bond motifs is 1. The van der Waals surface area contributed by atoms with Crippen molar-refractivity contribution in [1.29, 1.82) is 0 Å². The minimum absolute atomic E-state index is 0.0118. The number of halogens is 1. The molecule has 0 spiro atoms. The Labute approximate surface area is 216 Å². The average molecular weight is 502 g/mol. The molecule has 1 amide bonds. The van der Waals surface area contributed by atoms with E-state index in [1.807, 2.05) is 66.6 Å². The zero-order chi connectivity index (χ0) is 26.1. The van der Waals surface area contributed by atoms with Gasteiger partial charge in [-0.05, 0) is 99.7 Å². The number of ether oxygens (including phenoxy) is 2. The molecule has 0 aliphatic carbocycles. The molecule has 0 N–H and O–H groups in total. The van der Waals surface area contributed by atoms with Crippen LogP contribution in [0.25, 0.3) is 16.7 Å². The van der Waals surface area contributed by atoms with Gasteiger partial charge < -0.3 is 14.4 Å². The van der Waals surface area contributed by atoms with Gasteiger partial charge in [0.15, 0.2) is 0 Å². The van der Waals surface area contributed by atoms with Crippen LogP contribution in [0.1, 0.15) is 59.5 Å². The molecule has 6 nitrogen and oxygen atoms in total. The summed E-state index contributed by atoms with van der Waals surface area (Å²) in [5, 5.41) is 0. The third kappa shape index (κ3) is 4.66. The minimum Gasteiger partial charge on any atom is -0.497 e. The number of amides is 1. The molecule has 0 bridgehead atoms. The smallest absolute Gasteiger partial charge is 0.255 e. The first kappa shape index (κ1) is 24.8. The molecule has 1 aliphatic heterocycles. The molecule has 37 heavy (non-hydrogen) atoms. The van der Waals surface area contributed by atoms with E-state index in [2.05, 4.69) is 0 Å². The molecule has 1 aliphatic rings. The predicted molar refractivity (Wildman–Crippen MR) is 142 cm³/mol. The van der Waals surface area contributed by atoms with Gasteiger partial charge in [-0.3, -0.25) is 9.36 Å². The first-order chi connectivity index (χ1) is 17.9. The zero-order valence-electron chi connectivity index (χ0n) is 21.8. The van der Waals surface area contributed by atoms with E-state index in [1.54, 1.807) is 13.2 Å². The number of benzene rings is 3. The molecule has 0 radical (unpaired) electrons. The van der Waals surface area contributed by atoms with Gasteiger partial charge >= 0.3 is 0 Å². The third-order valence-corrected chi connectivity index (χ3v) is 7.07. The van der Waals surface area contributed by atoms with Gasteiger partial charge in [0.25, 0.3) is 5.91 Å². The van der Waals surface area contributed by atoms with Crippen molar-refractivity contribution >= 4 is 16.9 Å². The van der Waals surface area contributed by atoms with Crippen molar-refractivity contribution < 1.29 is 18.7 Å². The Morgan fingerprint density at radius 1 is 1.03 bits per heavy atom. The summed E-state index contributed by atoms with van der Waals surface area (Å²) in [7, 11) is 1.63. The maximum atomic E-state index is 14.2. The standard InChI is InChI=1S/C30H32FN3O3/c1-5-37-24-16-19(2)28(20(3)17-24)30(35)33-15-7-6-8-27(33)29-32-25-18-21(31)9-14-26(25)34(29)22-10-12-23(36-4)13-11-22/h9-14,16-18,27H,5-8,15H2,1-4H3. The number of likely N-dealkylation sites (tertiary alicyclic amines) is 1. The van der Waals surface area contributed by atoms with E-state index < -0.39 is 0 Å². The molecule has 1 saturated heterocycles. The van der Waals surface area contributed by atoms with Crippen LogP contribution in [0.2, 0.25) is 0 Å². The van der Waals surface area contributed by atoms with Crippen LogP contribution in [0.4, 0.5) is 4.39 Å². The van der Waals surface area contributed by atoms with Crippen LogP contribution in [0.3, 0.4) is 0 Å². The van der Waals surface area contributed by atoms with Crippen molar-refractivity contribution in [3.8, 4) is 17.2 Å². The van der Waals surface area contributed by atoms with E-state index in [1.165, 1.54) is 12.1 Å². The maximum absolute atomic E-state index is 14.2. The molecule has 192 valence electrons. The number of piperidine rings is 1. The van der Waals surface area contributed by atoms with E-state index in [0.29, 0.717) is 24.2 Å². The summed E-state index contributed by atoms with van der Waals surface area (Å²) in [4.78, 5) is 20.9. The number of rotatable bonds is 6. The van der Waals surface area contributed by atoms with Crippen molar-refractivity contribution in [3.05, 3.63) is 82.9 Å². The molecule has 1 unspecified atom stereocenters. The Hall–Kier alpha value is -3.87. The number of hydrogen-bond acceptors (Lipinski definition) is 4. The lowest BCUT2D eigenvalue weighted by molar-refractivity contribution is 0.0597. The first-order valence-electron chi connectivity index (χ1n) is 12.8. The molecule has 5 rings (SSSR count). The number of carbonyl (C=O) groups is 1. The highest BCUT2D eigenvalue weighted by Gasteiger charge is 2.34. The summed E-state index contributed by atoms with van der Waals surface area (Å²) in [6.07, 6.45) is 2.69. The highest BCUT2D eigenvalue weighted by atomic mass is 19.1. The molecule has 1 aromatic heterocycles. The van der Waals surface area contributed by atoms with Gasteiger partial charge in [-0.15, -0.1) is 0 Å². The molecule has 3 aromatic carbocycles. The van der Waals surface area contributed by atoms with Gasteiger partial charge in [0.1, 0.15) is 23.1 Å². The average Bonchev–Trinajstić information content (AvgIpc) is 3.26. The lowest BCUT2D eigenvalue weighted by atomic mass is 9.96. The van der Waals surface area contributed by atoms with Crippen LogP contribution in [0.15, 0.2) is 54.6 Å². The second-order valence-electron chi connectivity index (χ2n) is 9.51. The maximum Gasteiger partial charge on any atom is 0.255 e. The molecular formula is C30H32FN3O3. The number of aromatic nitrogens is 2. The molecule has 4 aromatic rings. The molecule has 0 saturated carbocycles. The van der Waals surface area contributed by atoms with E-state index in [0.717, 1.165) is 58.9 Å². The number of nitrogens with zero attached hydrogens (tertiary/aromatic N) is 3. The minimum atomic E-state index is -0.337. The van der Waals surface area contributed by atoms with Crippen molar-refractivity contribution in [2.45, 2.75) is 46.1 Å². The van der Waals surface area contributed by atoms with Gasteiger partial charge in [0.05, 0.1) is 30.8 Å². The van der Waals surface area contributed by atoms with E-state index in [4.69, 9.17) is 14.5 Å². The largest absolute Gasteiger partial charge is 0.497 e. The Bertz CT molecular complexity index is 1420. The Morgan fingerprint density at radius 2 is 1.76 bits per heavy atom. The number of hydrogen-bond donors (Lipinski definition) is 0. The normalized spacial score (nSPS) is 15.7. The van der Waals surface area contributed by atoms with Crippen LogP contribution in [-0.4, -0.2) is 40.6 Å². The van der Waals surface area contributed by atoms with Gasteiger partial charge in [-0.25, -0.2) is 9.37 Å². The lowest BCUT2D eigenvalue weighted by Crippen LogP contribution is -2.40. The Morgan fingerprint density at radius 3 is 2.43 bits per heavy atom. The van der Waals surface area contributed by atoms with Gasteiger partial charge in [0.2, 0.25) is 0 Å².